The van der Waals surface area contributed by atoms with Gasteiger partial charge < -0.3 is 4.74 Å². The van der Waals surface area contributed by atoms with Gasteiger partial charge in [0.1, 0.15) is 5.17 Å². The Bertz CT molecular complexity index is 165. The van der Waals surface area contributed by atoms with Crippen LogP contribution >= 0.6 is 11.6 Å². The molecule has 0 radical (unpaired) electrons. The second-order valence-corrected chi connectivity index (χ2v) is 2.80. The van der Waals surface area contributed by atoms with E-state index in [4.69, 9.17) is 21.7 Å². The highest BCUT2D eigenvalue weighted by atomic mass is 35.5. The zero-order valence-electron chi connectivity index (χ0n) is 6.19. The molecule has 0 aliphatic carbocycles. The molecule has 3 nitrogen and oxygen atoms in total. The minimum atomic E-state index is -0.979. The second kappa shape index (κ2) is 3.01. The number of carbonyl (C=O) groups is 1. The molecule has 0 saturated carbocycles. The molecule has 0 heterocycles. The molecule has 0 aliphatic rings. The van der Waals surface area contributed by atoms with Gasteiger partial charge in [-0.3, -0.25) is 10.2 Å². The third kappa shape index (κ3) is 2.82. The maximum absolute atomic E-state index is 10.4. The topological polar surface area (TPSA) is 50.2 Å². The quantitative estimate of drug-likeness (QED) is 0.496. The minimum absolute atomic E-state index is 0.178. The number of hydrogen-bond acceptors (Lipinski definition) is 3. The number of carbonyl (C=O) groups excluding carboxylic acids is 1. The summed E-state index contributed by atoms with van der Waals surface area (Å²) >= 11 is 5.32. The first-order valence-corrected chi connectivity index (χ1v) is 3.18. The van der Waals surface area contributed by atoms with Gasteiger partial charge in [0, 0.05) is 6.92 Å². The maximum atomic E-state index is 10.4. The van der Waals surface area contributed by atoms with Crippen molar-refractivity contribution >= 4 is 22.7 Å². The number of ether oxygens (including phenoxy) is 1. The number of halogens is 1. The zero-order valence-corrected chi connectivity index (χ0v) is 6.95. The largest absolute Gasteiger partial charge is 0.452 e. The molecule has 0 spiro atoms. The average molecular weight is 164 g/mol. The first-order valence-electron chi connectivity index (χ1n) is 2.80. The van der Waals surface area contributed by atoms with Crippen molar-refractivity contribution < 1.29 is 9.53 Å². The summed E-state index contributed by atoms with van der Waals surface area (Å²) in [5.41, 5.74) is -0.979. The molecule has 0 atom stereocenters. The Hall–Kier alpha value is -0.570. The Morgan fingerprint density at radius 3 is 2.10 bits per heavy atom. The SMILES string of the molecule is CC(=O)OC(C)(C)C(=N)Cl. The van der Waals surface area contributed by atoms with E-state index in [0.717, 1.165) is 0 Å². The molecule has 1 N–H and O–H groups in total. The molecular weight excluding hydrogens is 154 g/mol. The first-order chi connectivity index (χ1) is 4.36. The van der Waals surface area contributed by atoms with Gasteiger partial charge in [0.05, 0.1) is 0 Å². The smallest absolute Gasteiger partial charge is 0.303 e. The summed E-state index contributed by atoms with van der Waals surface area (Å²) in [5, 5.41) is 6.80. The van der Waals surface area contributed by atoms with Crippen molar-refractivity contribution in [1.82, 2.24) is 0 Å². The molecule has 58 valence electrons. The van der Waals surface area contributed by atoms with Gasteiger partial charge in [-0.1, -0.05) is 11.6 Å². The van der Waals surface area contributed by atoms with Crippen molar-refractivity contribution in [2.24, 2.45) is 0 Å². The Morgan fingerprint density at radius 2 is 2.00 bits per heavy atom. The summed E-state index contributed by atoms with van der Waals surface area (Å²) in [6.07, 6.45) is 0. The van der Waals surface area contributed by atoms with E-state index in [1.54, 1.807) is 13.8 Å². The molecule has 0 fully saturated rings. The summed E-state index contributed by atoms with van der Waals surface area (Å²) in [5.74, 6) is -0.435. The molecule has 0 bridgehead atoms. The molecule has 4 heteroatoms. The molecule has 0 amide bonds. The predicted octanol–water partition coefficient (Wildman–Crippen LogP) is 1.54. The number of nitrogens with one attached hydrogen (secondary N) is 1. The molecule has 0 aromatic rings. The molecule has 0 aromatic carbocycles. The third-order valence-electron chi connectivity index (χ3n) is 0.927. The predicted molar refractivity (Wildman–Crippen MR) is 39.4 cm³/mol. The van der Waals surface area contributed by atoms with E-state index in [9.17, 15) is 4.79 Å². The fourth-order valence-corrected chi connectivity index (χ4v) is 0.443. The zero-order chi connectivity index (χ0) is 8.36. The summed E-state index contributed by atoms with van der Waals surface area (Å²) < 4.78 is 4.70. The highest BCUT2D eigenvalue weighted by Gasteiger charge is 2.25. The van der Waals surface area contributed by atoms with E-state index in [1.165, 1.54) is 6.92 Å². The van der Waals surface area contributed by atoms with E-state index in [2.05, 4.69) is 0 Å². The Kier molecular flexibility index (Phi) is 2.84. The van der Waals surface area contributed by atoms with Gasteiger partial charge in [-0.05, 0) is 13.8 Å². The van der Waals surface area contributed by atoms with Crippen molar-refractivity contribution in [3.8, 4) is 0 Å². The van der Waals surface area contributed by atoms with Crippen LogP contribution in [0, 0.1) is 5.41 Å². The highest BCUT2D eigenvalue weighted by molar-refractivity contribution is 6.66. The number of hydrogen-bond donors (Lipinski definition) is 1. The van der Waals surface area contributed by atoms with E-state index in [0.29, 0.717) is 0 Å². The van der Waals surface area contributed by atoms with Crippen molar-refractivity contribution in [3.05, 3.63) is 0 Å². The van der Waals surface area contributed by atoms with Gasteiger partial charge in [0.15, 0.2) is 5.60 Å². The van der Waals surface area contributed by atoms with Crippen molar-refractivity contribution in [3.63, 3.8) is 0 Å². The second-order valence-electron chi connectivity index (χ2n) is 2.42. The minimum Gasteiger partial charge on any atom is -0.452 e. The van der Waals surface area contributed by atoms with Gasteiger partial charge in [-0.25, -0.2) is 0 Å². The lowest BCUT2D eigenvalue weighted by atomic mass is 10.1. The molecule has 0 aromatic heterocycles. The van der Waals surface area contributed by atoms with Crippen LogP contribution in [0.3, 0.4) is 0 Å². The molecular formula is C6H10ClNO2. The fourth-order valence-electron chi connectivity index (χ4n) is 0.404. The van der Waals surface area contributed by atoms with E-state index in [-0.39, 0.29) is 5.17 Å². The number of esters is 1. The van der Waals surface area contributed by atoms with Gasteiger partial charge in [-0.15, -0.1) is 0 Å². The molecule has 0 rings (SSSR count). The van der Waals surface area contributed by atoms with Gasteiger partial charge in [-0.2, -0.15) is 0 Å². The maximum Gasteiger partial charge on any atom is 0.303 e. The van der Waals surface area contributed by atoms with Crippen LogP contribution in [0.15, 0.2) is 0 Å². The lowest BCUT2D eigenvalue weighted by molar-refractivity contribution is -0.148. The van der Waals surface area contributed by atoms with Crippen LogP contribution in [0.4, 0.5) is 0 Å². The summed E-state index contributed by atoms with van der Waals surface area (Å²) in [4.78, 5) is 10.4. The van der Waals surface area contributed by atoms with Crippen molar-refractivity contribution in [2.75, 3.05) is 0 Å². The van der Waals surface area contributed by atoms with Gasteiger partial charge in [0.25, 0.3) is 0 Å². The lowest BCUT2D eigenvalue weighted by Gasteiger charge is -2.20. The van der Waals surface area contributed by atoms with Crippen LogP contribution in [-0.4, -0.2) is 16.7 Å². The van der Waals surface area contributed by atoms with E-state index < -0.39 is 11.6 Å². The monoisotopic (exact) mass is 163 g/mol. The van der Waals surface area contributed by atoms with Crippen LogP contribution in [0.25, 0.3) is 0 Å². The summed E-state index contributed by atoms with van der Waals surface area (Å²) in [6, 6.07) is 0. The lowest BCUT2D eigenvalue weighted by Crippen LogP contribution is -2.32. The van der Waals surface area contributed by atoms with Crippen molar-refractivity contribution in [1.29, 1.82) is 5.41 Å². The van der Waals surface area contributed by atoms with E-state index in [1.807, 2.05) is 0 Å². The Morgan fingerprint density at radius 1 is 1.60 bits per heavy atom. The third-order valence-corrected chi connectivity index (χ3v) is 1.38. The van der Waals surface area contributed by atoms with Gasteiger partial charge >= 0.3 is 5.97 Å². The molecule has 0 aliphatic heterocycles. The molecule has 10 heavy (non-hydrogen) atoms. The molecule has 0 saturated heterocycles. The normalized spacial score (nSPS) is 10.8. The average Bonchev–Trinajstić information content (AvgIpc) is 1.60. The highest BCUT2D eigenvalue weighted by Crippen LogP contribution is 2.13. The van der Waals surface area contributed by atoms with Crippen LogP contribution in [-0.2, 0) is 9.53 Å². The Balaban J connectivity index is 4.13. The Labute approximate surface area is 64.8 Å². The fraction of sp³-hybridized carbons (Fsp3) is 0.667. The first kappa shape index (κ1) is 9.43. The van der Waals surface area contributed by atoms with Gasteiger partial charge in [0.2, 0.25) is 0 Å². The standard InChI is InChI=1S/C6H10ClNO2/c1-4(9)10-6(2,3)5(7)8/h8H,1-3H3. The molecule has 0 unspecified atom stereocenters. The van der Waals surface area contributed by atoms with Crippen LogP contribution in [0.5, 0.6) is 0 Å². The van der Waals surface area contributed by atoms with Crippen LogP contribution in [0.2, 0.25) is 0 Å². The number of rotatable bonds is 2. The van der Waals surface area contributed by atoms with Crippen LogP contribution in [0.1, 0.15) is 20.8 Å². The summed E-state index contributed by atoms with van der Waals surface area (Å²) in [6.45, 7) is 4.40. The van der Waals surface area contributed by atoms with Crippen molar-refractivity contribution in [2.45, 2.75) is 26.4 Å². The summed E-state index contributed by atoms with van der Waals surface area (Å²) in [7, 11) is 0. The van der Waals surface area contributed by atoms with Crippen LogP contribution < -0.4 is 0 Å². The van der Waals surface area contributed by atoms with E-state index >= 15 is 0 Å².